The maximum atomic E-state index is 4.70. The van der Waals surface area contributed by atoms with E-state index in [1.54, 1.807) is 0 Å². The number of rotatable bonds is 3. The topological polar surface area (TPSA) is 15.6 Å². The molecule has 1 heterocycles. The lowest BCUT2D eigenvalue weighted by Crippen LogP contribution is -2.48. The lowest BCUT2D eigenvalue weighted by atomic mass is 9.79. The molecule has 2 heteroatoms. The zero-order valence-electron chi connectivity index (χ0n) is 16.4. The van der Waals surface area contributed by atoms with E-state index in [-0.39, 0.29) is 5.54 Å². The van der Waals surface area contributed by atoms with E-state index in [1.165, 1.54) is 34.4 Å². The lowest BCUT2D eigenvalue weighted by Gasteiger charge is -2.47. The van der Waals surface area contributed by atoms with Crippen LogP contribution in [0.15, 0.2) is 41.4 Å². The Morgan fingerprint density at radius 2 is 1.96 bits per heavy atom. The highest BCUT2D eigenvalue weighted by Crippen LogP contribution is 2.44. The van der Waals surface area contributed by atoms with Gasteiger partial charge in [0.15, 0.2) is 0 Å². The molecule has 25 heavy (non-hydrogen) atoms. The highest BCUT2D eigenvalue weighted by Gasteiger charge is 2.35. The second-order valence-corrected chi connectivity index (χ2v) is 8.03. The van der Waals surface area contributed by atoms with E-state index >= 15 is 0 Å². The largest absolute Gasteiger partial charge is 0.366 e. The summed E-state index contributed by atoms with van der Waals surface area (Å²) >= 11 is 0. The van der Waals surface area contributed by atoms with Gasteiger partial charge in [-0.15, -0.1) is 0 Å². The van der Waals surface area contributed by atoms with Crippen molar-refractivity contribution in [3.8, 4) is 0 Å². The molecule has 0 spiro atoms. The Bertz CT molecular complexity index is 802. The summed E-state index contributed by atoms with van der Waals surface area (Å²) in [5.41, 5.74) is 7.84. The Morgan fingerprint density at radius 3 is 2.64 bits per heavy atom. The van der Waals surface area contributed by atoms with Gasteiger partial charge in [-0.3, -0.25) is 4.99 Å². The first-order valence-corrected chi connectivity index (χ1v) is 9.34. The zero-order chi connectivity index (χ0) is 18.2. The molecule has 1 aliphatic heterocycles. The number of hydrogen-bond acceptors (Lipinski definition) is 2. The van der Waals surface area contributed by atoms with Crippen molar-refractivity contribution in [2.45, 2.75) is 59.4 Å². The Hall–Kier alpha value is -2.09. The molecular formula is C23H30N2. The third kappa shape index (κ3) is 3.49. The third-order valence-corrected chi connectivity index (χ3v) is 5.44. The van der Waals surface area contributed by atoms with Gasteiger partial charge in [0.2, 0.25) is 0 Å². The molecular weight excluding hydrogens is 304 g/mol. The van der Waals surface area contributed by atoms with Gasteiger partial charge in [-0.1, -0.05) is 19.1 Å². The average molecular weight is 335 g/mol. The van der Waals surface area contributed by atoms with E-state index in [2.05, 4.69) is 82.8 Å². The number of hydrogen-bond donors (Lipinski definition) is 0. The van der Waals surface area contributed by atoms with Crippen molar-refractivity contribution < 1.29 is 0 Å². The summed E-state index contributed by atoms with van der Waals surface area (Å²) in [7, 11) is 0. The van der Waals surface area contributed by atoms with Crippen molar-refractivity contribution in [3.63, 3.8) is 0 Å². The smallest absolute Gasteiger partial charge is 0.0632 e. The highest BCUT2D eigenvalue weighted by atomic mass is 15.2. The van der Waals surface area contributed by atoms with E-state index in [1.807, 2.05) is 6.21 Å². The summed E-state index contributed by atoms with van der Waals surface area (Å²) < 4.78 is 0. The van der Waals surface area contributed by atoms with Crippen LogP contribution >= 0.6 is 0 Å². The van der Waals surface area contributed by atoms with Gasteiger partial charge in [0.05, 0.1) is 5.69 Å². The summed E-state index contributed by atoms with van der Waals surface area (Å²) in [4.78, 5) is 7.25. The molecule has 0 N–H and O–H groups in total. The van der Waals surface area contributed by atoms with Crippen LogP contribution in [0.25, 0.3) is 0 Å². The molecule has 132 valence electrons. The minimum absolute atomic E-state index is 0.213. The van der Waals surface area contributed by atoms with Crippen LogP contribution in [0.3, 0.4) is 0 Å². The first-order valence-electron chi connectivity index (χ1n) is 9.34. The number of benzene rings is 2. The lowest BCUT2D eigenvalue weighted by molar-refractivity contribution is 0.381. The molecule has 0 aromatic heterocycles. The van der Waals surface area contributed by atoms with Gasteiger partial charge in [-0.05, 0) is 93.5 Å². The molecule has 1 unspecified atom stereocenters. The van der Waals surface area contributed by atoms with Gasteiger partial charge in [0, 0.05) is 24.0 Å². The summed E-state index contributed by atoms with van der Waals surface area (Å²) in [5, 5.41) is 0. The van der Waals surface area contributed by atoms with Crippen LogP contribution in [0.4, 0.5) is 11.4 Å². The maximum Gasteiger partial charge on any atom is 0.0632 e. The molecule has 0 saturated carbocycles. The Morgan fingerprint density at radius 1 is 1.20 bits per heavy atom. The van der Waals surface area contributed by atoms with E-state index in [9.17, 15) is 0 Å². The van der Waals surface area contributed by atoms with Crippen molar-refractivity contribution >= 4 is 17.6 Å². The highest BCUT2D eigenvalue weighted by molar-refractivity contribution is 5.86. The van der Waals surface area contributed by atoms with Gasteiger partial charge in [-0.25, -0.2) is 0 Å². The second kappa shape index (κ2) is 6.67. The number of anilines is 1. The molecule has 2 aromatic carbocycles. The summed E-state index contributed by atoms with van der Waals surface area (Å²) in [5.74, 6) is 0.569. The summed E-state index contributed by atoms with van der Waals surface area (Å²) in [6, 6.07) is 13.0. The molecule has 0 aliphatic carbocycles. The van der Waals surface area contributed by atoms with Crippen LogP contribution in [0.5, 0.6) is 0 Å². The van der Waals surface area contributed by atoms with Crippen LogP contribution in [-0.2, 0) is 0 Å². The van der Waals surface area contributed by atoms with Crippen molar-refractivity contribution in [2.24, 2.45) is 4.99 Å². The number of aliphatic imine (C=N–C) groups is 1. The standard InChI is InChI=1S/C23H30N2/c1-7-25-22-12-17(3)19(13-21(22)18(4)14-23(25,5)6)15-24-20-10-8-9-16(2)11-20/h8-13,15,18H,7,14H2,1-6H3. The SMILES string of the molecule is CCN1c2cc(C)c(C=Nc3cccc(C)c3)cc2C(C)CC1(C)C. The van der Waals surface area contributed by atoms with Gasteiger partial charge >= 0.3 is 0 Å². The quantitative estimate of drug-likeness (QED) is 0.613. The molecule has 3 rings (SSSR count). The van der Waals surface area contributed by atoms with Gasteiger partial charge in [-0.2, -0.15) is 0 Å². The number of nitrogens with zero attached hydrogens (tertiary/aromatic N) is 2. The van der Waals surface area contributed by atoms with E-state index in [0.717, 1.165) is 12.2 Å². The van der Waals surface area contributed by atoms with Gasteiger partial charge in [0.1, 0.15) is 0 Å². The molecule has 0 radical (unpaired) electrons. The van der Waals surface area contributed by atoms with Crippen LogP contribution in [-0.4, -0.2) is 18.3 Å². The second-order valence-electron chi connectivity index (χ2n) is 8.03. The fourth-order valence-electron chi connectivity index (χ4n) is 4.24. The molecule has 1 atom stereocenters. The Labute approximate surface area is 152 Å². The number of aryl methyl sites for hydroxylation is 2. The molecule has 0 amide bonds. The zero-order valence-corrected chi connectivity index (χ0v) is 16.4. The predicted molar refractivity (Wildman–Crippen MR) is 110 cm³/mol. The van der Waals surface area contributed by atoms with Crippen LogP contribution in [0.1, 0.15) is 62.3 Å². The minimum atomic E-state index is 0.213. The van der Waals surface area contributed by atoms with E-state index in [4.69, 9.17) is 4.99 Å². The maximum absolute atomic E-state index is 4.70. The molecule has 2 aromatic rings. The van der Waals surface area contributed by atoms with E-state index in [0.29, 0.717) is 5.92 Å². The fourth-order valence-corrected chi connectivity index (χ4v) is 4.24. The first-order chi connectivity index (χ1) is 11.8. The van der Waals surface area contributed by atoms with Crippen LogP contribution < -0.4 is 4.90 Å². The monoisotopic (exact) mass is 334 g/mol. The van der Waals surface area contributed by atoms with Crippen LogP contribution in [0, 0.1) is 13.8 Å². The van der Waals surface area contributed by atoms with Gasteiger partial charge < -0.3 is 4.90 Å². The van der Waals surface area contributed by atoms with Crippen molar-refractivity contribution in [1.29, 1.82) is 0 Å². The van der Waals surface area contributed by atoms with Crippen LogP contribution in [0.2, 0.25) is 0 Å². The minimum Gasteiger partial charge on any atom is -0.366 e. The van der Waals surface area contributed by atoms with Crippen molar-refractivity contribution in [1.82, 2.24) is 0 Å². The summed E-state index contributed by atoms with van der Waals surface area (Å²) in [6.45, 7) is 14.7. The molecule has 0 bridgehead atoms. The summed E-state index contributed by atoms with van der Waals surface area (Å²) in [6.07, 6.45) is 3.21. The molecule has 2 nitrogen and oxygen atoms in total. The molecule has 1 aliphatic rings. The predicted octanol–water partition coefficient (Wildman–Crippen LogP) is 6.17. The normalized spacial score (nSPS) is 19.3. The third-order valence-electron chi connectivity index (χ3n) is 5.44. The van der Waals surface area contributed by atoms with Crippen molar-refractivity contribution in [3.05, 3.63) is 58.7 Å². The fraction of sp³-hybridized carbons (Fsp3) is 0.435. The first kappa shape index (κ1) is 17.7. The Balaban J connectivity index is 2.00. The number of fused-ring (bicyclic) bond motifs is 1. The van der Waals surface area contributed by atoms with Crippen molar-refractivity contribution in [2.75, 3.05) is 11.4 Å². The van der Waals surface area contributed by atoms with Gasteiger partial charge in [0.25, 0.3) is 0 Å². The molecule has 0 saturated heterocycles. The Kier molecular flexibility index (Phi) is 4.73. The average Bonchev–Trinajstić information content (AvgIpc) is 2.53. The molecule has 0 fully saturated rings. The van der Waals surface area contributed by atoms with E-state index < -0.39 is 0 Å².